The number of nitrogens with one attached hydrogen (secondary N) is 1. The van der Waals surface area contributed by atoms with E-state index >= 15 is 0 Å². The molecule has 3 nitrogen and oxygen atoms in total. The third-order valence-corrected chi connectivity index (χ3v) is 3.88. The van der Waals surface area contributed by atoms with Crippen LogP contribution in [-0.4, -0.2) is 0 Å². The van der Waals surface area contributed by atoms with Crippen molar-refractivity contribution < 1.29 is 9.15 Å². The number of benzene rings is 2. The summed E-state index contributed by atoms with van der Waals surface area (Å²) in [4.78, 5) is 0. The number of furan rings is 1. The lowest BCUT2D eigenvalue weighted by molar-refractivity contribution is 0.302. The van der Waals surface area contributed by atoms with Gasteiger partial charge in [0.15, 0.2) is 0 Å². The van der Waals surface area contributed by atoms with E-state index in [1.165, 1.54) is 0 Å². The Morgan fingerprint density at radius 1 is 0.875 bits per heavy atom. The van der Waals surface area contributed by atoms with Crippen molar-refractivity contribution in [2.75, 3.05) is 0 Å². The molecule has 0 amide bonds. The van der Waals surface area contributed by atoms with Gasteiger partial charge in [-0.05, 0) is 24.3 Å². The summed E-state index contributed by atoms with van der Waals surface area (Å²) in [7, 11) is 0. The zero-order chi connectivity index (χ0) is 15.9. The summed E-state index contributed by atoms with van der Waals surface area (Å²) >= 11 is 6.17. The quantitative estimate of drug-likeness (QED) is 0.624. The van der Waals surface area contributed by atoms with Crippen LogP contribution >= 0.6 is 24.0 Å². The maximum atomic E-state index is 6.17. The van der Waals surface area contributed by atoms with E-state index in [1.54, 1.807) is 6.26 Å². The van der Waals surface area contributed by atoms with Gasteiger partial charge >= 0.3 is 0 Å². The Kier molecular flexibility index (Phi) is 7.19. The fourth-order valence-electron chi connectivity index (χ4n) is 2.30. The van der Waals surface area contributed by atoms with Crippen molar-refractivity contribution in [3.63, 3.8) is 0 Å². The molecule has 24 heavy (non-hydrogen) atoms. The van der Waals surface area contributed by atoms with Crippen LogP contribution < -0.4 is 10.1 Å². The molecule has 1 heterocycles. The largest absolute Gasteiger partial charge is 0.489 e. The predicted molar refractivity (Wildman–Crippen MR) is 98.7 cm³/mol. The van der Waals surface area contributed by atoms with Gasteiger partial charge in [0.05, 0.1) is 12.8 Å². The van der Waals surface area contributed by atoms with Gasteiger partial charge in [0, 0.05) is 22.7 Å². The monoisotopic (exact) mass is 363 g/mol. The Bertz CT molecular complexity index is 745. The first-order chi connectivity index (χ1) is 11.3. The van der Waals surface area contributed by atoms with Gasteiger partial charge in [-0.2, -0.15) is 0 Å². The molecule has 0 spiro atoms. The third-order valence-electron chi connectivity index (χ3n) is 3.51. The van der Waals surface area contributed by atoms with Crippen LogP contribution in [0.4, 0.5) is 0 Å². The molecule has 0 fully saturated rings. The topological polar surface area (TPSA) is 34.4 Å². The maximum Gasteiger partial charge on any atom is 0.124 e. The third kappa shape index (κ3) is 5.03. The molecular weight excluding hydrogens is 345 g/mol. The van der Waals surface area contributed by atoms with Crippen molar-refractivity contribution in [3.8, 4) is 5.75 Å². The number of halogens is 2. The molecule has 1 N–H and O–H groups in total. The average molecular weight is 364 g/mol. The van der Waals surface area contributed by atoms with E-state index in [1.807, 2.05) is 54.6 Å². The number of rotatable bonds is 7. The van der Waals surface area contributed by atoms with E-state index in [0.29, 0.717) is 19.7 Å². The van der Waals surface area contributed by atoms with Gasteiger partial charge < -0.3 is 14.5 Å². The Morgan fingerprint density at radius 3 is 2.38 bits per heavy atom. The molecule has 0 atom stereocenters. The lowest BCUT2D eigenvalue weighted by Crippen LogP contribution is -2.13. The normalized spacial score (nSPS) is 10.2. The smallest absolute Gasteiger partial charge is 0.124 e. The lowest BCUT2D eigenvalue weighted by Gasteiger charge is -2.12. The zero-order valence-electron chi connectivity index (χ0n) is 13.1. The molecule has 0 aliphatic carbocycles. The summed E-state index contributed by atoms with van der Waals surface area (Å²) in [6.45, 7) is 1.85. The highest BCUT2D eigenvalue weighted by molar-refractivity contribution is 6.31. The molecule has 0 radical (unpaired) electrons. The highest BCUT2D eigenvalue weighted by atomic mass is 35.5. The van der Waals surface area contributed by atoms with E-state index in [0.717, 1.165) is 27.7 Å². The summed E-state index contributed by atoms with van der Waals surface area (Å²) < 4.78 is 11.3. The Hall–Kier alpha value is -1.94. The lowest BCUT2D eigenvalue weighted by atomic mass is 10.2. The Balaban J connectivity index is 0.00000208. The van der Waals surface area contributed by atoms with E-state index in [2.05, 4.69) is 11.4 Å². The van der Waals surface area contributed by atoms with Gasteiger partial charge in [0.25, 0.3) is 0 Å². The highest BCUT2D eigenvalue weighted by Gasteiger charge is 2.05. The van der Waals surface area contributed by atoms with Crippen LogP contribution in [-0.2, 0) is 19.7 Å². The summed E-state index contributed by atoms with van der Waals surface area (Å²) in [6.07, 6.45) is 1.68. The Morgan fingerprint density at radius 2 is 1.62 bits per heavy atom. The standard InChI is InChI=1S/C19H18ClNO2.ClH/c20-18-9-3-1-7-16(18)14-23-19-10-4-2-6-15(19)12-21-13-17-8-5-11-22-17;/h1-11,21H,12-14H2;1H. The minimum Gasteiger partial charge on any atom is -0.489 e. The van der Waals surface area contributed by atoms with E-state index in [-0.39, 0.29) is 12.4 Å². The molecule has 0 unspecified atom stereocenters. The number of hydrogen-bond acceptors (Lipinski definition) is 3. The maximum absolute atomic E-state index is 6.17. The van der Waals surface area contributed by atoms with Gasteiger partial charge in [-0.1, -0.05) is 48.0 Å². The average Bonchev–Trinajstić information content (AvgIpc) is 3.09. The summed E-state index contributed by atoms with van der Waals surface area (Å²) in [5, 5.41) is 4.08. The fraction of sp³-hybridized carbons (Fsp3) is 0.158. The van der Waals surface area contributed by atoms with Crippen molar-refractivity contribution in [3.05, 3.63) is 88.8 Å². The second kappa shape index (κ2) is 9.38. The van der Waals surface area contributed by atoms with E-state index in [4.69, 9.17) is 20.8 Å². The second-order valence-corrected chi connectivity index (χ2v) is 5.58. The van der Waals surface area contributed by atoms with Crippen LogP contribution in [0.15, 0.2) is 71.3 Å². The minimum atomic E-state index is 0. The molecular formula is C19H19Cl2NO2. The van der Waals surface area contributed by atoms with Crippen molar-refractivity contribution in [2.45, 2.75) is 19.7 Å². The van der Waals surface area contributed by atoms with E-state index in [9.17, 15) is 0 Å². The summed E-state index contributed by atoms with van der Waals surface area (Å²) in [5.41, 5.74) is 2.08. The SMILES string of the molecule is Cl.Clc1ccccc1COc1ccccc1CNCc1ccco1. The van der Waals surface area contributed by atoms with Crippen molar-refractivity contribution in [1.29, 1.82) is 0 Å². The van der Waals surface area contributed by atoms with Gasteiger partial charge in [0.1, 0.15) is 18.1 Å². The zero-order valence-corrected chi connectivity index (χ0v) is 14.6. The van der Waals surface area contributed by atoms with Gasteiger partial charge in [0.2, 0.25) is 0 Å². The molecule has 0 aliphatic heterocycles. The highest BCUT2D eigenvalue weighted by Crippen LogP contribution is 2.22. The second-order valence-electron chi connectivity index (χ2n) is 5.17. The molecule has 5 heteroatoms. The number of para-hydroxylation sites is 1. The molecule has 0 saturated heterocycles. The minimum absolute atomic E-state index is 0. The van der Waals surface area contributed by atoms with Crippen molar-refractivity contribution >= 4 is 24.0 Å². The molecule has 126 valence electrons. The number of hydrogen-bond donors (Lipinski definition) is 1. The first-order valence-electron chi connectivity index (χ1n) is 7.50. The van der Waals surface area contributed by atoms with Crippen LogP contribution in [0, 0.1) is 0 Å². The van der Waals surface area contributed by atoms with Crippen molar-refractivity contribution in [1.82, 2.24) is 5.32 Å². The van der Waals surface area contributed by atoms with Gasteiger partial charge in [-0.15, -0.1) is 12.4 Å². The number of ether oxygens (including phenoxy) is 1. The van der Waals surface area contributed by atoms with Crippen LogP contribution in [0.3, 0.4) is 0 Å². The summed E-state index contributed by atoms with van der Waals surface area (Å²) in [6, 6.07) is 19.6. The first-order valence-corrected chi connectivity index (χ1v) is 7.88. The summed E-state index contributed by atoms with van der Waals surface area (Å²) in [5.74, 6) is 1.78. The molecule has 1 aromatic heterocycles. The van der Waals surface area contributed by atoms with E-state index < -0.39 is 0 Å². The van der Waals surface area contributed by atoms with Crippen LogP contribution in [0.5, 0.6) is 5.75 Å². The van der Waals surface area contributed by atoms with Crippen LogP contribution in [0.1, 0.15) is 16.9 Å². The molecule has 0 aliphatic rings. The van der Waals surface area contributed by atoms with Gasteiger partial charge in [-0.3, -0.25) is 0 Å². The van der Waals surface area contributed by atoms with Crippen molar-refractivity contribution in [2.24, 2.45) is 0 Å². The molecule has 0 bridgehead atoms. The first kappa shape index (κ1) is 18.4. The van der Waals surface area contributed by atoms with Crippen LogP contribution in [0.25, 0.3) is 0 Å². The predicted octanol–water partition coefficient (Wildman–Crippen LogP) is 5.22. The van der Waals surface area contributed by atoms with Crippen LogP contribution in [0.2, 0.25) is 5.02 Å². The van der Waals surface area contributed by atoms with Gasteiger partial charge in [-0.25, -0.2) is 0 Å². The molecule has 3 rings (SSSR count). The Labute approximate surface area is 153 Å². The molecule has 2 aromatic carbocycles. The molecule has 0 saturated carbocycles. The molecule has 3 aromatic rings. The fourth-order valence-corrected chi connectivity index (χ4v) is 2.49.